The van der Waals surface area contributed by atoms with E-state index in [0.717, 1.165) is 11.1 Å². The van der Waals surface area contributed by atoms with Crippen molar-refractivity contribution in [2.75, 3.05) is 5.32 Å². The Hall–Kier alpha value is -4.37. The van der Waals surface area contributed by atoms with Gasteiger partial charge in [0.25, 0.3) is 5.91 Å². The van der Waals surface area contributed by atoms with Crippen molar-refractivity contribution in [3.8, 4) is 11.8 Å². The highest BCUT2D eigenvalue weighted by molar-refractivity contribution is 6.10. The zero-order valence-corrected chi connectivity index (χ0v) is 16.8. The van der Waals surface area contributed by atoms with Crippen LogP contribution in [0.15, 0.2) is 78.4 Å². The average Bonchev–Trinajstić information content (AvgIpc) is 2.78. The molecule has 0 aliphatic rings. The van der Waals surface area contributed by atoms with Crippen LogP contribution in [0.4, 0.5) is 5.69 Å². The van der Waals surface area contributed by atoms with Gasteiger partial charge in [0.2, 0.25) is 0 Å². The molecule has 0 heterocycles. The fraction of sp³-hybridized carbons (Fsp3) is 0.0800. The summed E-state index contributed by atoms with van der Waals surface area (Å²) in [5, 5.41) is 21.7. The minimum atomic E-state index is -1.17. The van der Waals surface area contributed by atoms with Crippen LogP contribution in [0.2, 0.25) is 0 Å². The SMILES string of the molecule is Cc1ccccc1NC(=O)/C(C#N)=C\c1ccc(OCc2ccccc2)c(C(=O)O)c1. The molecule has 3 aromatic carbocycles. The zero-order valence-electron chi connectivity index (χ0n) is 16.8. The van der Waals surface area contributed by atoms with Crippen LogP contribution in [-0.4, -0.2) is 17.0 Å². The Labute approximate surface area is 180 Å². The maximum Gasteiger partial charge on any atom is 0.339 e. The molecule has 0 aromatic heterocycles. The summed E-state index contributed by atoms with van der Waals surface area (Å²) in [6.07, 6.45) is 1.35. The Balaban J connectivity index is 1.82. The molecule has 3 rings (SSSR count). The number of nitrogens with zero attached hydrogens (tertiary/aromatic N) is 1. The van der Waals surface area contributed by atoms with Crippen LogP contribution >= 0.6 is 0 Å². The van der Waals surface area contributed by atoms with Gasteiger partial charge in [-0.15, -0.1) is 0 Å². The van der Waals surface area contributed by atoms with Gasteiger partial charge >= 0.3 is 5.97 Å². The van der Waals surface area contributed by atoms with Crippen molar-refractivity contribution in [2.24, 2.45) is 0 Å². The number of carbonyl (C=O) groups excluding carboxylic acids is 1. The number of carboxylic acid groups (broad SMARTS) is 1. The van der Waals surface area contributed by atoms with E-state index < -0.39 is 11.9 Å². The van der Waals surface area contributed by atoms with E-state index in [1.54, 1.807) is 18.2 Å². The van der Waals surface area contributed by atoms with Crippen LogP contribution in [0.3, 0.4) is 0 Å². The molecule has 0 unspecified atom stereocenters. The molecule has 3 aromatic rings. The molecular weight excluding hydrogens is 392 g/mol. The molecule has 0 spiro atoms. The Morgan fingerprint density at radius 3 is 2.45 bits per heavy atom. The second kappa shape index (κ2) is 9.90. The fourth-order valence-corrected chi connectivity index (χ4v) is 2.88. The van der Waals surface area contributed by atoms with Crippen LogP contribution in [0.25, 0.3) is 6.08 Å². The summed E-state index contributed by atoms with van der Waals surface area (Å²) in [7, 11) is 0. The summed E-state index contributed by atoms with van der Waals surface area (Å²) >= 11 is 0. The van der Waals surface area contributed by atoms with Crippen molar-refractivity contribution in [2.45, 2.75) is 13.5 Å². The predicted octanol–water partition coefficient (Wildman–Crippen LogP) is 4.82. The first-order chi connectivity index (χ1) is 15.0. The van der Waals surface area contributed by atoms with E-state index in [9.17, 15) is 20.0 Å². The Morgan fingerprint density at radius 2 is 1.77 bits per heavy atom. The van der Waals surface area contributed by atoms with Gasteiger partial charge in [0.05, 0.1) is 0 Å². The van der Waals surface area contributed by atoms with Crippen LogP contribution in [0, 0.1) is 18.3 Å². The number of ether oxygens (including phenoxy) is 1. The number of rotatable bonds is 7. The second-order valence-electron chi connectivity index (χ2n) is 6.77. The molecule has 0 radical (unpaired) electrons. The van der Waals surface area contributed by atoms with E-state index in [1.807, 2.05) is 55.5 Å². The lowest BCUT2D eigenvalue weighted by atomic mass is 10.1. The standard InChI is InChI=1S/C25H20N2O4/c1-17-7-5-6-10-22(17)27-24(28)20(15-26)13-19-11-12-23(21(14-19)25(29)30)31-16-18-8-3-2-4-9-18/h2-14H,16H2,1H3,(H,27,28)(H,29,30)/b20-13-. The Morgan fingerprint density at radius 1 is 1.06 bits per heavy atom. The number of carbonyl (C=O) groups is 2. The highest BCUT2D eigenvalue weighted by Crippen LogP contribution is 2.23. The first-order valence-electron chi connectivity index (χ1n) is 9.51. The lowest BCUT2D eigenvalue weighted by Gasteiger charge is -2.10. The van der Waals surface area contributed by atoms with Crippen LogP contribution < -0.4 is 10.1 Å². The Bertz CT molecular complexity index is 1180. The van der Waals surface area contributed by atoms with Crippen LogP contribution in [0.5, 0.6) is 5.75 Å². The lowest BCUT2D eigenvalue weighted by Crippen LogP contribution is -2.14. The molecule has 6 heteroatoms. The van der Waals surface area contributed by atoms with Crippen LogP contribution in [-0.2, 0) is 11.4 Å². The van der Waals surface area contributed by atoms with Crippen molar-refractivity contribution in [1.82, 2.24) is 0 Å². The molecule has 0 aliphatic heterocycles. The average molecular weight is 412 g/mol. The van der Waals surface area contributed by atoms with Crippen molar-refractivity contribution in [1.29, 1.82) is 5.26 Å². The molecule has 0 saturated carbocycles. The van der Waals surface area contributed by atoms with Gasteiger partial charge < -0.3 is 15.2 Å². The number of hydrogen-bond donors (Lipinski definition) is 2. The molecule has 154 valence electrons. The number of nitriles is 1. The second-order valence-corrected chi connectivity index (χ2v) is 6.77. The van der Waals surface area contributed by atoms with Gasteiger partial charge in [-0.25, -0.2) is 4.79 Å². The first-order valence-corrected chi connectivity index (χ1v) is 9.51. The first kappa shape index (κ1) is 21.3. The molecule has 1 amide bonds. The molecular formula is C25H20N2O4. The van der Waals surface area contributed by atoms with Crippen LogP contribution in [0.1, 0.15) is 27.0 Å². The third kappa shape index (κ3) is 5.58. The van der Waals surface area contributed by atoms with E-state index in [1.165, 1.54) is 18.2 Å². The van der Waals surface area contributed by atoms with E-state index in [-0.39, 0.29) is 23.5 Å². The van der Waals surface area contributed by atoms with Gasteiger partial charge in [0, 0.05) is 5.69 Å². The number of amides is 1. The van der Waals surface area contributed by atoms with Gasteiger partial charge in [-0.2, -0.15) is 5.26 Å². The highest BCUT2D eigenvalue weighted by atomic mass is 16.5. The number of nitrogens with one attached hydrogen (secondary N) is 1. The van der Waals surface area contributed by atoms with Crippen molar-refractivity contribution in [3.63, 3.8) is 0 Å². The summed E-state index contributed by atoms with van der Waals surface area (Å²) in [5.74, 6) is -1.53. The molecule has 2 N–H and O–H groups in total. The zero-order chi connectivity index (χ0) is 22.2. The monoisotopic (exact) mass is 412 g/mol. The largest absolute Gasteiger partial charge is 0.488 e. The Kier molecular flexibility index (Phi) is 6.82. The number of aryl methyl sites for hydroxylation is 1. The molecule has 0 aliphatic carbocycles. The topological polar surface area (TPSA) is 99.4 Å². The van der Waals surface area contributed by atoms with E-state index >= 15 is 0 Å². The molecule has 31 heavy (non-hydrogen) atoms. The highest BCUT2D eigenvalue weighted by Gasteiger charge is 2.15. The van der Waals surface area contributed by atoms with Gasteiger partial charge in [0.15, 0.2) is 0 Å². The number of para-hydroxylation sites is 1. The minimum absolute atomic E-state index is 0.0544. The molecule has 0 saturated heterocycles. The minimum Gasteiger partial charge on any atom is -0.488 e. The molecule has 0 bridgehead atoms. The van der Waals surface area contributed by atoms with Crippen molar-refractivity contribution >= 4 is 23.6 Å². The van der Waals surface area contributed by atoms with Crippen molar-refractivity contribution in [3.05, 3.63) is 101 Å². The fourth-order valence-electron chi connectivity index (χ4n) is 2.88. The maximum absolute atomic E-state index is 12.5. The molecule has 6 nitrogen and oxygen atoms in total. The third-order valence-electron chi connectivity index (χ3n) is 4.54. The van der Waals surface area contributed by atoms with Gasteiger partial charge in [-0.05, 0) is 47.9 Å². The number of carboxylic acids is 1. The summed E-state index contributed by atoms with van der Waals surface area (Å²) in [6.45, 7) is 2.07. The van der Waals surface area contributed by atoms with Gasteiger partial charge in [-0.3, -0.25) is 4.79 Å². The summed E-state index contributed by atoms with van der Waals surface area (Å²) < 4.78 is 5.66. The number of hydrogen-bond acceptors (Lipinski definition) is 4. The van der Waals surface area contributed by atoms with E-state index in [2.05, 4.69) is 5.32 Å². The third-order valence-corrected chi connectivity index (χ3v) is 4.54. The number of benzene rings is 3. The lowest BCUT2D eigenvalue weighted by molar-refractivity contribution is -0.112. The summed E-state index contributed by atoms with van der Waals surface area (Å²) in [6, 6.07) is 23.0. The van der Waals surface area contributed by atoms with Crippen molar-refractivity contribution < 1.29 is 19.4 Å². The van der Waals surface area contributed by atoms with Gasteiger partial charge in [0.1, 0.15) is 29.6 Å². The smallest absolute Gasteiger partial charge is 0.339 e. The summed E-state index contributed by atoms with van der Waals surface area (Å²) in [5.41, 5.74) is 2.58. The van der Waals surface area contributed by atoms with E-state index in [4.69, 9.17) is 4.74 Å². The molecule has 0 atom stereocenters. The predicted molar refractivity (Wildman–Crippen MR) is 118 cm³/mol. The van der Waals surface area contributed by atoms with Gasteiger partial charge in [-0.1, -0.05) is 54.6 Å². The quantitative estimate of drug-likeness (QED) is 0.428. The maximum atomic E-state index is 12.5. The normalized spacial score (nSPS) is 10.8. The van der Waals surface area contributed by atoms with E-state index in [0.29, 0.717) is 11.3 Å². The summed E-state index contributed by atoms with van der Waals surface area (Å²) in [4.78, 5) is 24.2. The number of anilines is 1. The molecule has 0 fully saturated rings. The number of aromatic carboxylic acids is 1.